The highest BCUT2D eigenvalue weighted by Crippen LogP contribution is 2.20. The number of hydrogen-bond acceptors (Lipinski definition) is 3. The molecule has 128 valence electrons. The van der Waals surface area contributed by atoms with Crippen molar-refractivity contribution >= 4 is 6.03 Å². The lowest BCUT2D eigenvalue weighted by atomic mass is 9.98. The predicted molar refractivity (Wildman–Crippen MR) is 97.1 cm³/mol. The molecule has 24 heavy (non-hydrogen) atoms. The maximum Gasteiger partial charge on any atom is 0.322 e. The number of fused-ring (bicyclic) bond motifs is 1. The van der Waals surface area contributed by atoms with Gasteiger partial charge in [0.05, 0.1) is 12.2 Å². The monoisotopic (exact) mass is 326 g/mol. The van der Waals surface area contributed by atoms with E-state index in [2.05, 4.69) is 35.7 Å². The number of nitrogens with one attached hydrogen (secondary N) is 2. The number of aromatic nitrogens is 1. The molecule has 1 aliphatic heterocycles. The van der Waals surface area contributed by atoms with Crippen LogP contribution in [0.2, 0.25) is 0 Å². The lowest BCUT2D eigenvalue weighted by molar-refractivity contribution is 0.201. The molecular weight excluding hydrogens is 300 g/mol. The number of allylic oxidation sites excluding steroid dienone is 3. The van der Waals surface area contributed by atoms with Crippen molar-refractivity contribution in [2.24, 2.45) is 5.92 Å². The number of amides is 2. The maximum atomic E-state index is 12.3. The Bertz CT molecular complexity index is 626. The first-order valence-corrected chi connectivity index (χ1v) is 8.20. The molecule has 1 unspecified atom stereocenters. The quantitative estimate of drug-likeness (QED) is 0.757. The van der Waals surface area contributed by atoms with Crippen LogP contribution in [0.25, 0.3) is 0 Å². The van der Waals surface area contributed by atoms with Crippen LogP contribution in [0.15, 0.2) is 54.9 Å². The molecule has 0 aromatic carbocycles. The van der Waals surface area contributed by atoms with Crippen LogP contribution in [0, 0.1) is 5.92 Å². The molecular formula is C19H26N4O. The molecule has 1 aliphatic rings. The molecule has 2 amide bonds. The molecule has 1 atom stereocenters. The van der Waals surface area contributed by atoms with E-state index in [9.17, 15) is 4.79 Å². The van der Waals surface area contributed by atoms with Crippen LogP contribution < -0.4 is 10.6 Å². The fraction of sp³-hybridized carbons (Fsp3) is 0.368. The Morgan fingerprint density at radius 2 is 2.21 bits per heavy atom. The largest absolute Gasteiger partial charge is 0.322 e. The van der Waals surface area contributed by atoms with Gasteiger partial charge in [0.2, 0.25) is 0 Å². The average Bonchev–Trinajstić information content (AvgIpc) is 3.01. The summed E-state index contributed by atoms with van der Waals surface area (Å²) in [5.41, 5.74) is 3.64. The van der Waals surface area contributed by atoms with E-state index in [1.807, 2.05) is 25.3 Å². The van der Waals surface area contributed by atoms with Gasteiger partial charge in [-0.25, -0.2) is 4.79 Å². The van der Waals surface area contributed by atoms with E-state index < -0.39 is 0 Å². The van der Waals surface area contributed by atoms with Crippen LogP contribution in [0.5, 0.6) is 0 Å². The Labute approximate surface area is 144 Å². The van der Waals surface area contributed by atoms with E-state index >= 15 is 0 Å². The number of pyridine rings is 1. The summed E-state index contributed by atoms with van der Waals surface area (Å²) >= 11 is 0. The van der Waals surface area contributed by atoms with E-state index in [1.165, 1.54) is 0 Å². The van der Waals surface area contributed by atoms with Gasteiger partial charge < -0.3 is 15.5 Å². The zero-order chi connectivity index (χ0) is 17.5. The Kier molecular flexibility index (Phi) is 6.32. The molecule has 0 spiro atoms. The standard InChI is InChI=1S/C19H26N4O/c1-14(15(2)9-11-20-4)7-8-16(3)22-19(24)23-12-17-6-5-10-21-18(17)13-23/h5-8,10,15,20H,1,3,9,11-13H2,2,4H3,(H,22,24)/b8-7-. The molecule has 1 aromatic heterocycles. The Morgan fingerprint density at radius 1 is 1.42 bits per heavy atom. The minimum Gasteiger partial charge on any atom is -0.320 e. The Hall–Kier alpha value is -2.40. The first kappa shape index (κ1) is 17.9. The molecule has 0 aliphatic carbocycles. The molecule has 0 fully saturated rings. The molecule has 0 saturated carbocycles. The fourth-order valence-electron chi connectivity index (χ4n) is 2.52. The lowest BCUT2D eigenvalue weighted by Gasteiger charge is -2.16. The predicted octanol–water partition coefficient (Wildman–Crippen LogP) is 2.98. The van der Waals surface area contributed by atoms with Crippen molar-refractivity contribution in [2.45, 2.75) is 26.4 Å². The van der Waals surface area contributed by atoms with Crippen LogP contribution in [-0.2, 0) is 13.1 Å². The molecule has 5 heteroatoms. The second-order valence-corrected chi connectivity index (χ2v) is 6.12. The van der Waals surface area contributed by atoms with Crippen LogP contribution in [0.1, 0.15) is 24.6 Å². The van der Waals surface area contributed by atoms with E-state index in [4.69, 9.17) is 0 Å². The van der Waals surface area contributed by atoms with E-state index in [1.54, 1.807) is 17.2 Å². The number of carbonyl (C=O) groups is 1. The summed E-state index contributed by atoms with van der Waals surface area (Å²) in [6.45, 7) is 12.2. The van der Waals surface area contributed by atoms with E-state index in [-0.39, 0.29) is 6.03 Å². The normalized spacial score (nSPS) is 14.5. The lowest BCUT2D eigenvalue weighted by Crippen LogP contribution is -2.35. The highest BCUT2D eigenvalue weighted by atomic mass is 16.2. The van der Waals surface area contributed by atoms with Gasteiger partial charge in [-0.15, -0.1) is 0 Å². The van der Waals surface area contributed by atoms with Crippen molar-refractivity contribution in [1.29, 1.82) is 0 Å². The third-order valence-corrected chi connectivity index (χ3v) is 4.20. The van der Waals surface area contributed by atoms with Crippen LogP contribution in [0.3, 0.4) is 0 Å². The highest BCUT2D eigenvalue weighted by Gasteiger charge is 2.23. The first-order chi connectivity index (χ1) is 11.5. The van der Waals surface area contributed by atoms with E-state index in [0.717, 1.165) is 29.8 Å². The van der Waals surface area contributed by atoms with Crippen molar-refractivity contribution in [3.63, 3.8) is 0 Å². The minimum absolute atomic E-state index is 0.156. The summed E-state index contributed by atoms with van der Waals surface area (Å²) in [7, 11) is 1.94. The second kappa shape index (κ2) is 8.45. The van der Waals surface area contributed by atoms with Gasteiger partial charge in [-0.2, -0.15) is 0 Å². The zero-order valence-corrected chi connectivity index (χ0v) is 14.5. The number of urea groups is 1. The van der Waals surface area contributed by atoms with Gasteiger partial charge in [0.1, 0.15) is 0 Å². The summed E-state index contributed by atoms with van der Waals surface area (Å²) < 4.78 is 0. The molecule has 2 heterocycles. The topological polar surface area (TPSA) is 57.3 Å². The fourth-order valence-corrected chi connectivity index (χ4v) is 2.52. The van der Waals surface area contributed by atoms with Crippen molar-refractivity contribution in [1.82, 2.24) is 20.5 Å². The molecule has 0 radical (unpaired) electrons. The third kappa shape index (κ3) is 4.80. The van der Waals surface area contributed by atoms with Gasteiger partial charge in [-0.3, -0.25) is 4.98 Å². The number of hydrogen-bond donors (Lipinski definition) is 2. The minimum atomic E-state index is -0.156. The van der Waals surface area contributed by atoms with Gasteiger partial charge in [0.15, 0.2) is 0 Å². The van der Waals surface area contributed by atoms with Crippen LogP contribution >= 0.6 is 0 Å². The highest BCUT2D eigenvalue weighted by molar-refractivity contribution is 5.77. The molecule has 1 aromatic rings. The molecule has 2 rings (SSSR count). The smallest absolute Gasteiger partial charge is 0.320 e. The summed E-state index contributed by atoms with van der Waals surface area (Å²) in [4.78, 5) is 18.3. The van der Waals surface area contributed by atoms with Gasteiger partial charge in [0, 0.05) is 18.4 Å². The summed E-state index contributed by atoms with van der Waals surface area (Å²) in [6.07, 6.45) is 6.50. The molecule has 0 bridgehead atoms. The summed E-state index contributed by atoms with van der Waals surface area (Å²) in [6, 6.07) is 3.74. The zero-order valence-electron chi connectivity index (χ0n) is 14.5. The summed E-state index contributed by atoms with van der Waals surface area (Å²) in [5, 5.41) is 5.95. The van der Waals surface area contributed by atoms with Gasteiger partial charge in [-0.1, -0.05) is 37.8 Å². The van der Waals surface area contributed by atoms with E-state index in [0.29, 0.717) is 24.7 Å². The number of carbonyl (C=O) groups excluding carboxylic acids is 1. The second-order valence-electron chi connectivity index (χ2n) is 6.12. The summed E-state index contributed by atoms with van der Waals surface area (Å²) in [5.74, 6) is 0.386. The van der Waals surface area contributed by atoms with Crippen LogP contribution in [0.4, 0.5) is 4.79 Å². The van der Waals surface area contributed by atoms with Gasteiger partial charge in [0.25, 0.3) is 0 Å². The van der Waals surface area contributed by atoms with Crippen molar-refractivity contribution in [2.75, 3.05) is 13.6 Å². The van der Waals surface area contributed by atoms with Crippen LogP contribution in [-0.4, -0.2) is 29.5 Å². The SMILES string of the molecule is C=C(/C=C\C(=C)C(C)CCNC)NC(=O)N1Cc2cccnc2C1. The maximum absolute atomic E-state index is 12.3. The Balaban J connectivity index is 1.81. The number of rotatable bonds is 7. The number of nitrogens with zero attached hydrogens (tertiary/aromatic N) is 2. The molecule has 2 N–H and O–H groups in total. The van der Waals surface area contributed by atoms with Crippen molar-refractivity contribution < 1.29 is 4.79 Å². The first-order valence-electron chi connectivity index (χ1n) is 8.20. The van der Waals surface area contributed by atoms with Gasteiger partial charge >= 0.3 is 6.03 Å². The molecule has 5 nitrogen and oxygen atoms in total. The van der Waals surface area contributed by atoms with Crippen molar-refractivity contribution in [3.8, 4) is 0 Å². The Morgan fingerprint density at radius 3 is 2.92 bits per heavy atom. The third-order valence-electron chi connectivity index (χ3n) is 4.20. The molecule has 0 saturated heterocycles. The average molecular weight is 326 g/mol. The van der Waals surface area contributed by atoms with Gasteiger partial charge in [-0.05, 0) is 43.6 Å². The van der Waals surface area contributed by atoms with Crippen molar-refractivity contribution in [3.05, 3.63) is 66.2 Å².